The minimum atomic E-state index is -0.927. The maximum absolute atomic E-state index is 12.0. The second-order valence-corrected chi connectivity index (χ2v) is 6.17. The van der Waals surface area contributed by atoms with E-state index in [-0.39, 0.29) is 12.3 Å². The summed E-state index contributed by atoms with van der Waals surface area (Å²) in [5.74, 6) is -2.12. The molecule has 0 aliphatic carbocycles. The quantitative estimate of drug-likeness (QED) is 0.418. The van der Waals surface area contributed by atoms with Crippen LogP contribution in [0.4, 0.5) is 11.4 Å². The van der Waals surface area contributed by atoms with Crippen LogP contribution in [0.2, 0.25) is 5.02 Å². The summed E-state index contributed by atoms with van der Waals surface area (Å²) in [6, 6.07) is 13.9. The molecule has 0 aliphatic heterocycles. The molecule has 140 valence electrons. The highest BCUT2D eigenvalue weighted by molar-refractivity contribution is 6.39. The predicted octanol–water partition coefficient (Wildman–Crippen LogP) is 3.11. The smallest absolute Gasteiger partial charge is 0.324 e. The van der Waals surface area contributed by atoms with Gasteiger partial charge in [-0.25, -0.2) is 5.43 Å². The van der Waals surface area contributed by atoms with Crippen LogP contribution in [-0.2, 0) is 14.4 Å². The van der Waals surface area contributed by atoms with E-state index < -0.39 is 11.8 Å². The summed E-state index contributed by atoms with van der Waals surface area (Å²) < 4.78 is 0. The van der Waals surface area contributed by atoms with Gasteiger partial charge < -0.3 is 10.6 Å². The number of amides is 3. The van der Waals surface area contributed by atoms with E-state index >= 15 is 0 Å². The van der Waals surface area contributed by atoms with Crippen LogP contribution in [0.25, 0.3) is 0 Å². The molecule has 0 atom stereocenters. The summed E-state index contributed by atoms with van der Waals surface area (Å²) >= 11 is 5.97. The zero-order chi connectivity index (χ0) is 19.8. The first-order valence-corrected chi connectivity index (χ1v) is 8.49. The lowest BCUT2D eigenvalue weighted by Crippen LogP contribution is -2.33. The lowest BCUT2D eigenvalue weighted by atomic mass is 10.2. The lowest BCUT2D eigenvalue weighted by molar-refractivity contribution is -0.136. The van der Waals surface area contributed by atoms with Crippen molar-refractivity contribution in [1.82, 2.24) is 5.43 Å². The van der Waals surface area contributed by atoms with Crippen molar-refractivity contribution in [2.75, 3.05) is 10.6 Å². The van der Waals surface area contributed by atoms with Gasteiger partial charge in [-0.1, -0.05) is 41.9 Å². The molecule has 2 aromatic rings. The number of rotatable bonds is 5. The fourth-order valence-corrected chi connectivity index (χ4v) is 2.30. The third-order valence-corrected chi connectivity index (χ3v) is 3.84. The Morgan fingerprint density at radius 3 is 2.22 bits per heavy atom. The van der Waals surface area contributed by atoms with Gasteiger partial charge in [-0.2, -0.15) is 5.10 Å². The SMILES string of the molecule is C/C(CC(=O)Nc1ccccc1Cl)=N/NC(=O)C(=O)Nc1ccccc1C. The Kier molecular flexibility index (Phi) is 7.08. The van der Waals surface area contributed by atoms with Crippen LogP contribution < -0.4 is 16.1 Å². The van der Waals surface area contributed by atoms with Crippen LogP contribution in [0.3, 0.4) is 0 Å². The molecule has 0 spiro atoms. The average Bonchev–Trinajstić information content (AvgIpc) is 2.63. The normalized spacial score (nSPS) is 10.9. The van der Waals surface area contributed by atoms with Crippen LogP contribution in [0.15, 0.2) is 53.6 Å². The van der Waals surface area contributed by atoms with Crippen molar-refractivity contribution in [3.8, 4) is 0 Å². The standard InChI is InChI=1S/C19H19ClN4O3/c1-12-7-3-5-9-15(12)22-18(26)19(27)24-23-13(2)11-17(25)21-16-10-6-4-8-14(16)20/h3-10H,11H2,1-2H3,(H,21,25)(H,22,26)(H,24,27)/b23-13-. The maximum atomic E-state index is 12.0. The number of aryl methyl sites for hydroxylation is 1. The van der Waals surface area contributed by atoms with Crippen LogP contribution in [-0.4, -0.2) is 23.4 Å². The van der Waals surface area contributed by atoms with Crippen molar-refractivity contribution in [2.24, 2.45) is 5.10 Å². The van der Waals surface area contributed by atoms with E-state index in [4.69, 9.17) is 11.6 Å². The maximum Gasteiger partial charge on any atom is 0.329 e. The Bertz CT molecular complexity index is 896. The molecule has 3 N–H and O–H groups in total. The van der Waals surface area contributed by atoms with Gasteiger partial charge >= 0.3 is 11.8 Å². The Balaban J connectivity index is 1.86. The van der Waals surface area contributed by atoms with Crippen molar-refractivity contribution < 1.29 is 14.4 Å². The van der Waals surface area contributed by atoms with Gasteiger partial charge in [0.05, 0.1) is 17.1 Å². The van der Waals surface area contributed by atoms with Crippen LogP contribution in [0.1, 0.15) is 18.9 Å². The highest BCUT2D eigenvalue weighted by atomic mass is 35.5. The van der Waals surface area contributed by atoms with Crippen molar-refractivity contribution >= 4 is 46.4 Å². The van der Waals surface area contributed by atoms with E-state index in [1.54, 1.807) is 43.3 Å². The van der Waals surface area contributed by atoms with Crippen molar-refractivity contribution in [3.05, 3.63) is 59.1 Å². The highest BCUT2D eigenvalue weighted by Crippen LogP contribution is 2.20. The molecule has 0 unspecified atom stereocenters. The molecule has 0 saturated carbocycles. The molecule has 0 saturated heterocycles. The number of carbonyl (C=O) groups excluding carboxylic acids is 3. The molecule has 0 heterocycles. The fraction of sp³-hybridized carbons (Fsp3) is 0.158. The average molecular weight is 387 g/mol. The summed E-state index contributed by atoms with van der Waals surface area (Å²) in [4.78, 5) is 35.7. The molecule has 0 bridgehead atoms. The zero-order valence-corrected chi connectivity index (χ0v) is 15.6. The minimum absolute atomic E-state index is 0.0646. The Hall–Kier alpha value is -3.19. The molecule has 2 aromatic carbocycles. The number of benzene rings is 2. The summed E-state index contributed by atoms with van der Waals surface area (Å²) in [6.45, 7) is 3.37. The molecule has 0 aromatic heterocycles. The van der Waals surface area contributed by atoms with Gasteiger partial charge in [0.1, 0.15) is 0 Å². The number of halogens is 1. The molecule has 3 amide bonds. The topological polar surface area (TPSA) is 99.7 Å². The van der Waals surface area contributed by atoms with E-state index in [1.165, 1.54) is 0 Å². The summed E-state index contributed by atoms with van der Waals surface area (Å²) in [6.07, 6.45) is -0.0646. The minimum Gasteiger partial charge on any atom is -0.324 e. The molecule has 0 fully saturated rings. The first-order valence-electron chi connectivity index (χ1n) is 8.11. The van der Waals surface area contributed by atoms with E-state index in [0.29, 0.717) is 22.1 Å². The van der Waals surface area contributed by atoms with Gasteiger partial charge in [0.25, 0.3) is 0 Å². The van der Waals surface area contributed by atoms with Crippen molar-refractivity contribution in [2.45, 2.75) is 20.3 Å². The number of nitrogens with zero attached hydrogens (tertiary/aromatic N) is 1. The molecule has 0 aliphatic rings. The molecular formula is C19H19ClN4O3. The van der Waals surface area contributed by atoms with E-state index in [1.807, 2.05) is 19.1 Å². The van der Waals surface area contributed by atoms with Gasteiger partial charge in [-0.15, -0.1) is 0 Å². The number of anilines is 2. The van der Waals surface area contributed by atoms with Crippen LogP contribution in [0, 0.1) is 6.92 Å². The van der Waals surface area contributed by atoms with E-state index in [2.05, 4.69) is 21.2 Å². The van der Waals surface area contributed by atoms with Gasteiger partial charge in [-0.05, 0) is 37.6 Å². The zero-order valence-electron chi connectivity index (χ0n) is 14.9. The monoisotopic (exact) mass is 386 g/mol. The van der Waals surface area contributed by atoms with Gasteiger partial charge in [-0.3, -0.25) is 14.4 Å². The van der Waals surface area contributed by atoms with Crippen LogP contribution in [0.5, 0.6) is 0 Å². The van der Waals surface area contributed by atoms with E-state index in [9.17, 15) is 14.4 Å². The third-order valence-electron chi connectivity index (χ3n) is 3.51. The molecule has 2 rings (SSSR count). The molecule has 8 heteroatoms. The molecule has 7 nitrogen and oxygen atoms in total. The summed E-state index contributed by atoms with van der Waals surface area (Å²) in [5.41, 5.74) is 4.32. The van der Waals surface area contributed by atoms with E-state index in [0.717, 1.165) is 5.56 Å². The molecule has 27 heavy (non-hydrogen) atoms. The number of para-hydroxylation sites is 2. The fourth-order valence-electron chi connectivity index (χ4n) is 2.12. The lowest BCUT2D eigenvalue weighted by Gasteiger charge is -2.08. The first-order chi connectivity index (χ1) is 12.9. The highest BCUT2D eigenvalue weighted by Gasteiger charge is 2.14. The number of hydrazone groups is 1. The molecular weight excluding hydrogens is 368 g/mol. The van der Waals surface area contributed by atoms with Gasteiger partial charge in [0, 0.05) is 11.4 Å². The second-order valence-electron chi connectivity index (χ2n) is 5.76. The Labute approximate surface area is 161 Å². The Morgan fingerprint density at radius 2 is 1.56 bits per heavy atom. The number of carbonyl (C=O) groups is 3. The predicted molar refractivity (Wildman–Crippen MR) is 106 cm³/mol. The number of nitrogens with one attached hydrogen (secondary N) is 3. The number of hydrogen-bond donors (Lipinski definition) is 3. The summed E-state index contributed by atoms with van der Waals surface area (Å²) in [5, 5.41) is 9.34. The Morgan fingerprint density at radius 1 is 0.926 bits per heavy atom. The summed E-state index contributed by atoms with van der Waals surface area (Å²) in [7, 11) is 0. The number of hydrogen-bond acceptors (Lipinski definition) is 4. The third kappa shape index (κ3) is 6.23. The second kappa shape index (κ2) is 9.49. The largest absolute Gasteiger partial charge is 0.329 e. The van der Waals surface area contributed by atoms with Gasteiger partial charge in [0.2, 0.25) is 5.91 Å². The molecule has 0 radical (unpaired) electrons. The first kappa shape index (κ1) is 20.1. The van der Waals surface area contributed by atoms with Crippen molar-refractivity contribution in [1.29, 1.82) is 0 Å². The van der Waals surface area contributed by atoms with Crippen molar-refractivity contribution in [3.63, 3.8) is 0 Å². The van der Waals surface area contributed by atoms with Gasteiger partial charge in [0.15, 0.2) is 0 Å². The van der Waals surface area contributed by atoms with Crippen LogP contribution >= 0.6 is 11.6 Å².